The van der Waals surface area contributed by atoms with E-state index in [0.29, 0.717) is 16.6 Å². The number of carbonyl (C=O) groups excluding carboxylic acids is 2. The van der Waals surface area contributed by atoms with Crippen LogP contribution in [0.5, 0.6) is 0 Å². The van der Waals surface area contributed by atoms with Crippen LogP contribution >= 0.6 is 11.6 Å². The molecule has 158 valence electrons. The molecule has 3 aromatic carbocycles. The Bertz CT molecular complexity index is 1110. The normalized spacial score (nSPS) is 16.9. The van der Waals surface area contributed by atoms with E-state index in [-0.39, 0.29) is 18.4 Å². The zero-order valence-electron chi connectivity index (χ0n) is 17.9. The van der Waals surface area contributed by atoms with E-state index >= 15 is 0 Å². The van der Waals surface area contributed by atoms with Crippen LogP contribution in [-0.4, -0.2) is 18.4 Å². The summed E-state index contributed by atoms with van der Waals surface area (Å²) in [4.78, 5) is 30.4. The molecule has 1 aliphatic heterocycles. The first-order chi connectivity index (χ1) is 14.9. The summed E-state index contributed by atoms with van der Waals surface area (Å²) in [5, 5.41) is 0.582. The Kier molecular flexibility index (Phi) is 5.84. The summed E-state index contributed by atoms with van der Waals surface area (Å²) in [6.07, 6.45) is 0. The monoisotopic (exact) mass is 432 g/mol. The fraction of sp³-hybridized carbons (Fsp3) is 0.231. The number of aryl methyl sites for hydroxylation is 1. The van der Waals surface area contributed by atoms with Gasteiger partial charge in [-0.3, -0.25) is 14.5 Å². The number of amides is 2. The summed E-state index contributed by atoms with van der Waals surface area (Å²) in [5.74, 6) is 0.123. The van der Waals surface area contributed by atoms with Gasteiger partial charge >= 0.3 is 0 Å². The van der Waals surface area contributed by atoms with Crippen molar-refractivity contribution >= 4 is 34.8 Å². The van der Waals surface area contributed by atoms with Gasteiger partial charge in [0.25, 0.3) is 5.91 Å². The molecule has 0 saturated carbocycles. The molecule has 4 nitrogen and oxygen atoms in total. The lowest BCUT2D eigenvalue weighted by atomic mass is 9.95. The fourth-order valence-electron chi connectivity index (χ4n) is 4.01. The molecule has 1 saturated heterocycles. The van der Waals surface area contributed by atoms with Gasteiger partial charge in [0.1, 0.15) is 12.6 Å². The average Bonchev–Trinajstić information content (AvgIpc) is 2.76. The Morgan fingerprint density at radius 2 is 1.55 bits per heavy atom. The smallest absolute Gasteiger partial charge is 0.255 e. The zero-order chi connectivity index (χ0) is 22.1. The van der Waals surface area contributed by atoms with Gasteiger partial charge in [-0.2, -0.15) is 0 Å². The largest absolute Gasteiger partial charge is 0.301 e. The summed E-state index contributed by atoms with van der Waals surface area (Å²) in [5.41, 5.74) is 4.35. The van der Waals surface area contributed by atoms with Gasteiger partial charge in [0, 0.05) is 16.4 Å². The second-order valence-corrected chi connectivity index (χ2v) is 8.61. The lowest BCUT2D eigenvalue weighted by molar-refractivity contribution is -0.128. The van der Waals surface area contributed by atoms with Crippen LogP contribution in [0.4, 0.5) is 11.4 Å². The molecule has 1 fully saturated rings. The van der Waals surface area contributed by atoms with Crippen molar-refractivity contribution in [3.63, 3.8) is 0 Å². The second-order valence-electron chi connectivity index (χ2n) is 8.17. The van der Waals surface area contributed by atoms with E-state index in [1.54, 1.807) is 34.1 Å². The van der Waals surface area contributed by atoms with Gasteiger partial charge in [-0.05, 0) is 59.9 Å². The van der Waals surface area contributed by atoms with E-state index in [9.17, 15) is 9.59 Å². The van der Waals surface area contributed by atoms with Crippen LogP contribution in [0.2, 0.25) is 5.02 Å². The Hall–Kier alpha value is -3.11. The maximum atomic E-state index is 13.8. The summed E-state index contributed by atoms with van der Waals surface area (Å²) < 4.78 is 0. The molecule has 0 bridgehead atoms. The summed E-state index contributed by atoms with van der Waals surface area (Å²) in [6.45, 7) is 6.20. The Balaban J connectivity index is 1.81. The fourth-order valence-corrected chi connectivity index (χ4v) is 4.14. The lowest BCUT2D eigenvalue weighted by Crippen LogP contribution is -2.56. The molecule has 0 unspecified atom stereocenters. The molecule has 0 radical (unpaired) electrons. The molecule has 1 heterocycles. The first-order valence-corrected chi connectivity index (χ1v) is 10.8. The van der Waals surface area contributed by atoms with E-state index in [0.717, 1.165) is 16.8 Å². The molecule has 2 amide bonds. The molecule has 4 rings (SSSR count). The van der Waals surface area contributed by atoms with Crippen molar-refractivity contribution in [1.82, 2.24) is 0 Å². The highest BCUT2D eigenvalue weighted by Crippen LogP contribution is 2.36. The average molecular weight is 433 g/mol. The van der Waals surface area contributed by atoms with Crippen molar-refractivity contribution in [2.24, 2.45) is 0 Å². The van der Waals surface area contributed by atoms with E-state index in [1.165, 1.54) is 5.56 Å². The molecule has 0 spiro atoms. The molecule has 0 aromatic heterocycles. The molecule has 1 atom stereocenters. The van der Waals surface area contributed by atoms with Gasteiger partial charge in [0.2, 0.25) is 5.91 Å². The molecule has 1 aliphatic rings. The van der Waals surface area contributed by atoms with E-state index in [4.69, 9.17) is 11.6 Å². The number of anilines is 2. The van der Waals surface area contributed by atoms with Gasteiger partial charge in [0.15, 0.2) is 0 Å². The number of nitrogens with zero attached hydrogens (tertiary/aromatic N) is 2. The third kappa shape index (κ3) is 4.08. The number of piperazine rings is 1. The molecule has 5 heteroatoms. The van der Waals surface area contributed by atoms with Crippen LogP contribution in [0.1, 0.15) is 42.5 Å². The Morgan fingerprint density at radius 1 is 0.903 bits per heavy atom. The molecule has 31 heavy (non-hydrogen) atoms. The number of hydrogen-bond donors (Lipinski definition) is 0. The topological polar surface area (TPSA) is 40.6 Å². The first kappa shape index (κ1) is 21.1. The van der Waals surface area contributed by atoms with E-state index in [2.05, 4.69) is 13.8 Å². The summed E-state index contributed by atoms with van der Waals surface area (Å²) >= 11 is 6.06. The predicted molar refractivity (Wildman–Crippen MR) is 126 cm³/mol. The number of carbonyl (C=O) groups is 2. The zero-order valence-corrected chi connectivity index (χ0v) is 18.6. The van der Waals surface area contributed by atoms with Crippen molar-refractivity contribution < 1.29 is 9.59 Å². The van der Waals surface area contributed by atoms with Crippen LogP contribution in [0.15, 0.2) is 72.8 Å². The van der Waals surface area contributed by atoms with Crippen molar-refractivity contribution in [1.29, 1.82) is 0 Å². The Labute approximate surface area is 188 Å². The second kappa shape index (κ2) is 8.56. The minimum absolute atomic E-state index is 0.00705. The predicted octanol–water partition coefficient (Wildman–Crippen LogP) is 5.89. The van der Waals surface area contributed by atoms with Gasteiger partial charge < -0.3 is 4.90 Å². The minimum Gasteiger partial charge on any atom is -0.301 e. The quantitative estimate of drug-likeness (QED) is 0.515. The third-order valence-corrected chi connectivity index (χ3v) is 6.00. The number of rotatable bonds is 4. The number of benzene rings is 3. The highest BCUT2D eigenvalue weighted by Gasteiger charge is 2.42. The summed E-state index contributed by atoms with van der Waals surface area (Å²) in [7, 11) is 0. The van der Waals surface area contributed by atoms with Crippen molar-refractivity contribution in [3.05, 3.63) is 94.5 Å². The van der Waals surface area contributed by atoms with Gasteiger partial charge in [0.05, 0.1) is 0 Å². The lowest BCUT2D eigenvalue weighted by Gasteiger charge is -2.41. The highest BCUT2D eigenvalue weighted by atomic mass is 35.5. The van der Waals surface area contributed by atoms with E-state index < -0.39 is 6.04 Å². The summed E-state index contributed by atoms with van der Waals surface area (Å²) in [6, 6.07) is 21.9. The standard InChI is InChI=1S/C26H25ClN2O2/c1-17(2)19-8-10-20(11-9-19)25-26(31)28(23-7-5-4-6-18(23)3)16-24(30)29(25)22-14-12-21(27)13-15-22/h4-15,17,25H,16H2,1-3H3/t25-/m0/s1. The first-order valence-electron chi connectivity index (χ1n) is 10.4. The molecule has 0 N–H and O–H groups in total. The highest BCUT2D eigenvalue weighted by molar-refractivity contribution is 6.30. The van der Waals surface area contributed by atoms with Crippen molar-refractivity contribution in [3.8, 4) is 0 Å². The van der Waals surface area contributed by atoms with Gasteiger partial charge in [-0.1, -0.05) is 67.9 Å². The minimum atomic E-state index is -0.747. The van der Waals surface area contributed by atoms with Crippen LogP contribution in [0.25, 0.3) is 0 Å². The maximum absolute atomic E-state index is 13.8. The van der Waals surface area contributed by atoms with Gasteiger partial charge in [-0.15, -0.1) is 0 Å². The number of para-hydroxylation sites is 1. The van der Waals surface area contributed by atoms with Crippen molar-refractivity contribution in [2.45, 2.75) is 32.7 Å². The molecule has 0 aliphatic carbocycles. The van der Waals surface area contributed by atoms with Crippen LogP contribution < -0.4 is 9.80 Å². The molecule has 3 aromatic rings. The maximum Gasteiger partial charge on any atom is 0.255 e. The number of halogens is 1. The molecular formula is C26H25ClN2O2. The van der Waals surface area contributed by atoms with E-state index in [1.807, 2.05) is 55.5 Å². The van der Waals surface area contributed by atoms with Crippen LogP contribution in [-0.2, 0) is 9.59 Å². The van der Waals surface area contributed by atoms with Crippen LogP contribution in [0, 0.1) is 6.92 Å². The van der Waals surface area contributed by atoms with Crippen LogP contribution in [0.3, 0.4) is 0 Å². The molecular weight excluding hydrogens is 408 g/mol. The Morgan fingerprint density at radius 3 is 2.16 bits per heavy atom. The number of hydrogen-bond acceptors (Lipinski definition) is 2. The third-order valence-electron chi connectivity index (χ3n) is 5.75. The SMILES string of the molecule is Cc1ccccc1N1CC(=O)N(c2ccc(Cl)cc2)[C@@H](c2ccc(C(C)C)cc2)C1=O. The van der Waals surface area contributed by atoms with Crippen molar-refractivity contribution in [2.75, 3.05) is 16.3 Å². The van der Waals surface area contributed by atoms with Gasteiger partial charge in [-0.25, -0.2) is 0 Å².